The molecular weight excluding hydrogens is 320 g/mol. The third kappa shape index (κ3) is 3.97. The van der Waals surface area contributed by atoms with Gasteiger partial charge in [0.25, 0.3) is 0 Å². The zero-order valence-corrected chi connectivity index (χ0v) is 14.8. The van der Waals surface area contributed by atoms with Crippen LogP contribution < -0.4 is 5.32 Å². The molecule has 3 rings (SSSR count). The molecule has 0 bridgehead atoms. The van der Waals surface area contributed by atoms with E-state index in [4.69, 9.17) is 0 Å². The Balaban J connectivity index is 1.60. The molecule has 2 N–H and O–H groups in total. The number of phenolic OH excluding ortho intramolecular Hbond substituents is 1. The van der Waals surface area contributed by atoms with Crippen molar-refractivity contribution in [1.82, 2.24) is 10.2 Å². The number of piperidine rings is 1. The molecule has 1 amide bonds. The molecule has 5 heteroatoms. The maximum Gasteiger partial charge on any atom is 0.224 e. The maximum absolute atomic E-state index is 12.2. The van der Waals surface area contributed by atoms with Crippen LogP contribution in [0.4, 0.5) is 0 Å². The van der Waals surface area contributed by atoms with Crippen molar-refractivity contribution in [2.75, 3.05) is 20.1 Å². The second-order valence-corrected chi connectivity index (χ2v) is 7.43. The molecule has 2 heterocycles. The minimum Gasteiger partial charge on any atom is -0.508 e. The first-order valence-electron chi connectivity index (χ1n) is 8.42. The molecule has 1 aromatic carbocycles. The summed E-state index contributed by atoms with van der Waals surface area (Å²) in [5, 5.41) is 15.0. The van der Waals surface area contributed by atoms with Crippen LogP contribution in [0.2, 0.25) is 0 Å². The normalized spacial score (nSPS) is 21.5. The summed E-state index contributed by atoms with van der Waals surface area (Å²) < 4.78 is 0. The summed E-state index contributed by atoms with van der Waals surface area (Å²) in [6.45, 7) is 1.78. The van der Waals surface area contributed by atoms with Gasteiger partial charge in [-0.2, -0.15) is 0 Å². The molecule has 0 spiro atoms. The number of benzene rings is 1. The first-order valence-corrected chi connectivity index (χ1v) is 9.30. The number of rotatable bonds is 5. The molecule has 2 aromatic rings. The molecule has 1 aromatic heterocycles. The smallest absolute Gasteiger partial charge is 0.224 e. The highest BCUT2D eigenvalue weighted by Crippen LogP contribution is 2.36. The Labute approximate surface area is 147 Å². The Hall–Kier alpha value is -1.85. The standard InChI is InChI=1S/C19H24N2O2S/c1-21-10-4-7-15(19(21)17-9-5-11-24-17)13-20-18(23)12-14-6-2-3-8-16(14)22/h2-3,5-6,8-9,11,15,19,22H,4,7,10,12-13H2,1H3,(H,20,23)/t15-,19+/m0/s1. The van der Waals surface area contributed by atoms with E-state index in [9.17, 15) is 9.90 Å². The van der Waals surface area contributed by atoms with Crippen molar-refractivity contribution in [3.63, 3.8) is 0 Å². The minimum absolute atomic E-state index is 0.0327. The van der Waals surface area contributed by atoms with E-state index in [-0.39, 0.29) is 18.1 Å². The van der Waals surface area contributed by atoms with Crippen molar-refractivity contribution in [2.45, 2.75) is 25.3 Å². The Kier molecular flexibility index (Phi) is 5.53. The molecular formula is C19H24N2O2S. The van der Waals surface area contributed by atoms with Gasteiger partial charge in [0.15, 0.2) is 0 Å². The summed E-state index contributed by atoms with van der Waals surface area (Å²) >= 11 is 1.79. The number of amides is 1. The monoisotopic (exact) mass is 344 g/mol. The molecule has 0 unspecified atom stereocenters. The first-order chi connectivity index (χ1) is 11.6. The molecule has 0 radical (unpaired) electrons. The lowest BCUT2D eigenvalue weighted by molar-refractivity contribution is -0.120. The zero-order valence-electron chi connectivity index (χ0n) is 13.9. The molecule has 1 aliphatic heterocycles. The average Bonchev–Trinajstić information content (AvgIpc) is 3.09. The number of para-hydroxylation sites is 1. The second kappa shape index (κ2) is 7.81. The molecule has 4 nitrogen and oxygen atoms in total. The molecule has 0 saturated carbocycles. The van der Waals surface area contributed by atoms with Crippen molar-refractivity contribution in [3.05, 3.63) is 52.2 Å². The second-order valence-electron chi connectivity index (χ2n) is 6.45. The van der Waals surface area contributed by atoms with Gasteiger partial charge in [-0.05, 0) is 49.9 Å². The number of hydrogen-bond donors (Lipinski definition) is 2. The van der Waals surface area contributed by atoms with Gasteiger partial charge in [-0.1, -0.05) is 24.3 Å². The van der Waals surface area contributed by atoms with E-state index in [1.54, 1.807) is 29.5 Å². The molecule has 1 saturated heterocycles. The average molecular weight is 344 g/mol. The van der Waals surface area contributed by atoms with E-state index in [1.165, 1.54) is 11.3 Å². The number of aromatic hydroxyl groups is 1. The predicted octanol–water partition coefficient (Wildman–Crippen LogP) is 3.20. The van der Waals surface area contributed by atoms with Crippen molar-refractivity contribution >= 4 is 17.2 Å². The SMILES string of the molecule is CN1CCC[C@@H](CNC(=O)Cc2ccccc2O)[C@@H]1c1cccs1. The maximum atomic E-state index is 12.2. The molecule has 1 aliphatic rings. The van der Waals surface area contributed by atoms with E-state index in [1.807, 2.05) is 6.07 Å². The van der Waals surface area contributed by atoms with Crippen LogP contribution in [0.1, 0.15) is 29.3 Å². The third-order valence-corrected chi connectivity index (χ3v) is 5.69. The molecule has 128 valence electrons. The van der Waals surface area contributed by atoms with Gasteiger partial charge in [0.05, 0.1) is 6.42 Å². The summed E-state index contributed by atoms with van der Waals surface area (Å²) in [4.78, 5) is 16.0. The van der Waals surface area contributed by atoms with Crippen LogP contribution in [-0.4, -0.2) is 36.1 Å². The van der Waals surface area contributed by atoms with Gasteiger partial charge < -0.3 is 10.4 Å². The number of likely N-dealkylation sites (tertiary alicyclic amines) is 1. The highest BCUT2D eigenvalue weighted by Gasteiger charge is 2.31. The third-order valence-electron chi connectivity index (χ3n) is 4.75. The van der Waals surface area contributed by atoms with Crippen LogP contribution in [0.25, 0.3) is 0 Å². The number of carbonyl (C=O) groups is 1. The lowest BCUT2D eigenvalue weighted by atomic mass is 9.88. The van der Waals surface area contributed by atoms with Crippen LogP contribution >= 0.6 is 11.3 Å². The fraction of sp³-hybridized carbons (Fsp3) is 0.421. The van der Waals surface area contributed by atoms with Gasteiger partial charge in [0, 0.05) is 23.0 Å². The van der Waals surface area contributed by atoms with Crippen LogP contribution in [0.5, 0.6) is 5.75 Å². The molecule has 0 aliphatic carbocycles. The van der Waals surface area contributed by atoms with Crippen LogP contribution in [0, 0.1) is 5.92 Å². The quantitative estimate of drug-likeness (QED) is 0.876. The largest absolute Gasteiger partial charge is 0.508 e. The van der Waals surface area contributed by atoms with Gasteiger partial charge in [-0.25, -0.2) is 0 Å². The fourth-order valence-corrected chi connectivity index (χ4v) is 4.51. The summed E-state index contributed by atoms with van der Waals surface area (Å²) in [6.07, 6.45) is 2.51. The Morgan fingerprint density at radius 3 is 2.92 bits per heavy atom. The highest BCUT2D eigenvalue weighted by molar-refractivity contribution is 7.10. The number of thiophene rings is 1. The minimum atomic E-state index is -0.0327. The van der Waals surface area contributed by atoms with Crippen molar-refractivity contribution < 1.29 is 9.90 Å². The van der Waals surface area contributed by atoms with Gasteiger partial charge in [0.2, 0.25) is 5.91 Å². The fourth-order valence-electron chi connectivity index (χ4n) is 3.52. The molecule has 24 heavy (non-hydrogen) atoms. The summed E-state index contributed by atoms with van der Waals surface area (Å²) in [7, 11) is 2.17. The van der Waals surface area contributed by atoms with Gasteiger partial charge in [-0.3, -0.25) is 9.69 Å². The summed E-state index contributed by atoms with van der Waals surface area (Å²) in [6, 6.07) is 11.7. The van der Waals surface area contributed by atoms with Gasteiger partial charge in [0.1, 0.15) is 5.75 Å². The first kappa shape index (κ1) is 17.0. The Bertz CT molecular complexity index is 672. The van der Waals surface area contributed by atoms with E-state index in [0.29, 0.717) is 24.1 Å². The number of carbonyl (C=O) groups excluding carboxylic acids is 1. The molecule has 1 fully saturated rings. The van der Waals surface area contributed by atoms with E-state index >= 15 is 0 Å². The number of nitrogens with one attached hydrogen (secondary N) is 1. The van der Waals surface area contributed by atoms with E-state index in [2.05, 4.69) is 34.8 Å². The van der Waals surface area contributed by atoms with Crippen LogP contribution in [-0.2, 0) is 11.2 Å². The van der Waals surface area contributed by atoms with Crippen molar-refractivity contribution in [2.24, 2.45) is 5.92 Å². The van der Waals surface area contributed by atoms with Crippen molar-refractivity contribution in [3.8, 4) is 5.75 Å². The Morgan fingerprint density at radius 2 is 2.17 bits per heavy atom. The number of phenols is 1. The number of hydrogen-bond acceptors (Lipinski definition) is 4. The summed E-state index contributed by atoms with van der Waals surface area (Å²) in [5.41, 5.74) is 0.672. The lowest BCUT2D eigenvalue weighted by Gasteiger charge is -2.38. The van der Waals surface area contributed by atoms with Gasteiger partial charge >= 0.3 is 0 Å². The zero-order chi connectivity index (χ0) is 16.9. The topological polar surface area (TPSA) is 52.6 Å². The van der Waals surface area contributed by atoms with Crippen LogP contribution in [0.3, 0.4) is 0 Å². The van der Waals surface area contributed by atoms with Crippen LogP contribution in [0.15, 0.2) is 41.8 Å². The Morgan fingerprint density at radius 1 is 1.33 bits per heavy atom. The summed E-state index contributed by atoms with van der Waals surface area (Å²) in [5.74, 6) is 0.576. The lowest BCUT2D eigenvalue weighted by Crippen LogP contribution is -2.41. The van der Waals surface area contributed by atoms with E-state index in [0.717, 1.165) is 13.0 Å². The van der Waals surface area contributed by atoms with Gasteiger partial charge in [-0.15, -0.1) is 11.3 Å². The highest BCUT2D eigenvalue weighted by atomic mass is 32.1. The molecule has 2 atom stereocenters. The van der Waals surface area contributed by atoms with Crippen molar-refractivity contribution in [1.29, 1.82) is 0 Å². The van der Waals surface area contributed by atoms with E-state index < -0.39 is 0 Å². The number of nitrogens with zero attached hydrogens (tertiary/aromatic N) is 1. The predicted molar refractivity (Wildman–Crippen MR) is 97.2 cm³/mol.